The Kier molecular flexibility index (Phi) is 4.66. The van der Waals surface area contributed by atoms with Crippen molar-refractivity contribution in [2.24, 2.45) is 0 Å². The predicted octanol–water partition coefficient (Wildman–Crippen LogP) is 3.52. The van der Waals surface area contributed by atoms with Crippen molar-refractivity contribution in [2.75, 3.05) is 6.54 Å². The largest absolute Gasteiger partial charge is 0.478 e. The lowest BCUT2D eigenvalue weighted by Gasteiger charge is -2.34. The first-order chi connectivity index (χ1) is 9.93. The Morgan fingerprint density at radius 3 is 2.48 bits per heavy atom. The Labute approximate surface area is 125 Å². The highest BCUT2D eigenvalue weighted by Crippen LogP contribution is 2.27. The molecule has 1 unspecified atom stereocenters. The molecule has 0 bridgehead atoms. The molecule has 1 heterocycles. The molecule has 0 radical (unpaired) electrons. The van der Waals surface area contributed by atoms with Crippen LogP contribution in [0.25, 0.3) is 0 Å². The van der Waals surface area contributed by atoms with E-state index in [4.69, 9.17) is 0 Å². The van der Waals surface area contributed by atoms with Crippen LogP contribution in [0, 0.1) is 0 Å². The molecule has 0 spiro atoms. The van der Waals surface area contributed by atoms with E-state index in [-0.39, 0.29) is 23.4 Å². The van der Waals surface area contributed by atoms with Gasteiger partial charge in [0.25, 0.3) is 5.91 Å². The van der Waals surface area contributed by atoms with E-state index in [0.29, 0.717) is 11.1 Å². The second kappa shape index (κ2) is 6.29. The van der Waals surface area contributed by atoms with Crippen LogP contribution in [0.5, 0.6) is 0 Å². The number of likely N-dealkylation sites (tertiary alicyclic amines) is 1. The third kappa shape index (κ3) is 3.09. The number of aromatic carboxylic acids is 1. The Morgan fingerprint density at radius 2 is 1.90 bits per heavy atom. The van der Waals surface area contributed by atoms with Gasteiger partial charge in [0.15, 0.2) is 0 Å². The van der Waals surface area contributed by atoms with Crippen molar-refractivity contribution in [3.8, 4) is 0 Å². The van der Waals surface area contributed by atoms with Gasteiger partial charge in [-0.1, -0.05) is 19.9 Å². The van der Waals surface area contributed by atoms with E-state index in [9.17, 15) is 14.7 Å². The molecule has 1 amide bonds. The van der Waals surface area contributed by atoms with E-state index in [1.165, 1.54) is 0 Å². The topological polar surface area (TPSA) is 57.6 Å². The lowest BCUT2D eigenvalue weighted by molar-refractivity contribution is 0.0634. The summed E-state index contributed by atoms with van der Waals surface area (Å²) in [4.78, 5) is 26.1. The van der Waals surface area contributed by atoms with Crippen LogP contribution < -0.4 is 0 Å². The molecular weight excluding hydrogens is 266 g/mol. The van der Waals surface area contributed by atoms with Crippen LogP contribution in [-0.2, 0) is 0 Å². The lowest BCUT2D eigenvalue weighted by Crippen LogP contribution is -2.42. The van der Waals surface area contributed by atoms with Gasteiger partial charge < -0.3 is 10.0 Å². The van der Waals surface area contributed by atoms with Crippen molar-refractivity contribution in [1.82, 2.24) is 4.90 Å². The molecule has 21 heavy (non-hydrogen) atoms. The minimum Gasteiger partial charge on any atom is -0.478 e. The quantitative estimate of drug-likeness (QED) is 0.926. The summed E-state index contributed by atoms with van der Waals surface area (Å²) in [7, 11) is 0. The highest BCUT2D eigenvalue weighted by molar-refractivity contribution is 6.00. The van der Waals surface area contributed by atoms with Crippen LogP contribution >= 0.6 is 0 Å². The fourth-order valence-corrected chi connectivity index (χ4v) is 3.11. The molecule has 2 rings (SSSR count). The minimum absolute atomic E-state index is 0.00338. The first-order valence-corrected chi connectivity index (χ1v) is 7.60. The SMILES string of the molecule is CC(C)c1c(C(=O)O)cccc1C(=O)N1CCCCC1C. The average molecular weight is 289 g/mol. The molecule has 4 nitrogen and oxygen atoms in total. The number of piperidine rings is 1. The monoisotopic (exact) mass is 289 g/mol. The molecule has 1 aliphatic rings. The van der Waals surface area contributed by atoms with Gasteiger partial charge in [0.2, 0.25) is 0 Å². The van der Waals surface area contributed by atoms with Crippen molar-refractivity contribution in [3.63, 3.8) is 0 Å². The Balaban J connectivity index is 2.45. The molecule has 1 aromatic rings. The van der Waals surface area contributed by atoms with Crippen molar-refractivity contribution >= 4 is 11.9 Å². The number of carboxylic acids is 1. The molecule has 0 saturated carbocycles. The number of hydrogen-bond donors (Lipinski definition) is 1. The lowest BCUT2D eigenvalue weighted by atomic mass is 9.90. The zero-order valence-corrected chi connectivity index (χ0v) is 12.9. The van der Waals surface area contributed by atoms with Crippen LogP contribution in [0.2, 0.25) is 0 Å². The average Bonchev–Trinajstić information content (AvgIpc) is 2.46. The van der Waals surface area contributed by atoms with Crippen LogP contribution in [0.15, 0.2) is 18.2 Å². The number of hydrogen-bond acceptors (Lipinski definition) is 2. The van der Waals surface area contributed by atoms with Gasteiger partial charge in [-0.2, -0.15) is 0 Å². The number of carbonyl (C=O) groups excluding carboxylic acids is 1. The zero-order chi connectivity index (χ0) is 15.6. The third-order valence-electron chi connectivity index (χ3n) is 4.21. The van der Waals surface area contributed by atoms with Gasteiger partial charge in [-0.25, -0.2) is 4.79 Å². The minimum atomic E-state index is -0.972. The third-order valence-corrected chi connectivity index (χ3v) is 4.21. The van der Waals surface area contributed by atoms with Gasteiger partial charge in [0.1, 0.15) is 0 Å². The van der Waals surface area contributed by atoms with E-state index in [1.807, 2.05) is 18.7 Å². The summed E-state index contributed by atoms with van der Waals surface area (Å²) in [6.45, 7) is 6.68. The van der Waals surface area contributed by atoms with Gasteiger partial charge in [-0.05, 0) is 49.8 Å². The number of benzene rings is 1. The molecule has 0 aromatic heterocycles. The first-order valence-electron chi connectivity index (χ1n) is 7.60. The Morgan fingerprint density at radius 1 is 1.24 bits per heavy atom. The summed E-state index contributed by atoms with van der Waals surface area (Å²) in [5, 5.41) is 9.36. The van der Waals surface area contributed by atoms with Crippen molar-refractivity contribution in [2.45, 2.75) is 52.0 Å². The smallest absolute Gasteiger partial charge is 0.335 e. The predicted molar refractivity (Wildman–Crippen MR) is 81.8 cm³/mol. The van der Waals surface area contributed by atoms with E-state index in [2.05, 4.69) is 6.92 Å². The van der Waals surface area contributed by atoms with Crippen LogP contribution in [0.4, 0.5) is 0 Å². The van der Waals surface area contributed by atoms with Crippen LogP contribution in [0.3, 0.4) is 0 Å². The molecule has 1 saturated heterocycles. The van der Waals surface area contributed by atoms with E-state index in [1.54, 1.807) is 18.2 Å². The molecule has 1 aromatic carbocycles. The molecule has 1 aliphatic heterocycles. The maximum absolute atomic E-state index is 12.8. The van der Waals surface area contributed by atoms with Crippen molar-refractivity contribution < 1.29 is 14.7 Å². The summed E-state index contributed by atoms with van der Waals surface area (Å²) >= 11 is 0. The Hall–Kier alpha value is -1.84. The summed E-state index contributed by atoms with van der Waals surface area (Å²) in [5.41, 5.74) is 1.42. The fraction of sp³-hybridized carbons (Fsp3) is 0.529. The summed E-state index contributed by atoms with van der Waals surface area (Å²) in [6.07, 6.45) is 3.18. The molecule has 0 aliphatic carbocycles. The number of carbonyl (C=O) groups is 2. The molecule has 1 atom stereocenters. The van der Waals surface area contributed by atoms with Crippen molar-refractivity contribution in [1.29, 1.82) is 0 Å². The number of carboxylic acid groups (broad SMARTS) is 1. The second-order valence-corrected chi connectivity index (χ2v) is 6.07. The molecule has 4 heteroatoms. The van der Waals surface area contributed by atoms with E-state index >= 15 is 0 Å². The molecule has 1 N–H and O–H groups in total. The van der Waals surface area contributed by atoms with E-state index < -0.39 is 5.97 Å². The molecule has 114 valence electrons. The zero-order valence-electron chi connectivity index (χ0n) is 12.9. The maximum atomic E-state index is 12.8. The van der Waals surface area contributed by atoms with E-state index in [0.717, 1.165) is 25.8 Å². The number of nitrogens with zero attached hydrogens (tertiary/aromatic N) is 1. The normalized spacial score (nSPS) is 18.9. The maximum Gasteiger partial charge on any atom is 0.335 e. The van der Waals surface area contributed by atoms with Gasteiger partial charge in [0.05, 0.1) is 5.56 Å². The van der Waals surface area contributed by atoms with Crippen LogP contribution in [0.1, 0.15) is 72.2 Å². The summed E-state index contributed by atoms with van der Waals surface area (Å²) in [6, 6.07) is 5.22. The second-order valence-electron chi connectivity index (χ2n) is 6.07. The standard InChI is InChI=1S/C17H23NO3/c1-11(2)15-13(8-6-9-14(15)17(20)21)16(19)18-10-5-4-7-12(18)3/h6,8-9,11-12H,4-5,7,10H2,1-3H3,(H,20,21). The van der Waals surface area contributed by atoms with Gasteiger partial charge in [-0.15, -0.1) is 0 Å². The fourth-order valence-electron chi connectivity index (χ4n) is 3.11. The molecular formula is C17H23NO3. The summed E-state index contributed by atoms with van der Waals surface area (Å²) < 4.78 is 0. The number of amides is 1. The van der Waals surface area contributed by atoms with Gasteiger partial charge in [-0.3, -0.25) is 4.79 Å². The van der Waals surface area contributed by atoms with Gasteiger partial charge in [0, 0.05) is 18.2 Å². The van der Waals surface area contributed by atoms with Crippen LogP contribution in [-0.4, -0.2) is 34.5 Å². The van der Waals surface area contributed by atoms with Crippen molar-refractivity contribution in [3.05, 3.63) is 34.9 Å². The first kappa shape index (κ1) is 15.5. The summed E-state index contributed by atoms with van der Waals surface area (Å²) in [5.74, 6) is -1.01. The Bertz CT molecular complexity index is 551. The number of rotatable bonds is 3. The highest BCUT2D eigenvalue weighted by Gasteiger charge is 2.28. The van der Waals surface area contributed by atoms with Gasteiger partial charge >= 0.3 is 5.97 Å². The molecule has 1 fully saturated rings. The highest BCUT2D eigenvalue weighted by atomic mass is 16.4.